The van der Waals surface area contributed by atoms with Gasteiger partial charge < -0.3 is 4.98 Å². The lowest BCUT2D eigenvalue weighted by Crippen LogP contribution is -2.29. The average Bonchev–Trinajstić information content (AvgIpc) is 2.48. The van der Waals surface area contributed by atoms with Gasteiger partial charge in [-0.1, -0.05) is 9.27 Å². The zero-order chi connectivity index (χ0) is 8.72. The van der Waals surface area contributed by atoms with Crippen molar-refractivity contribution < 1.29 is 4.48 Å². The van der Waals surface area contributed by atoms with Gasteiger partial charge in [0.25, 0.3) is 0 Å². The fourth-order valence-electron chi connectivity index (χ4n) is 0.893. The molecule has 0 spiro atoms. The van der Waals surface area contributed by atoms with Crippen LogP contribution >= 0.6 is 0 Å². The molecular formula is C5H3FN4O2. The maximum Gasteiger partial charge on any atom is 0.359 e. The number of nitrogens with one attached hydrogen (secondary N) is 2. The van der Waals surface area contributed by atoms with Crippen LogP contribution in [0.15, 0.2) is 15.9 Å². The van der Waals surface area contributed by atoms with Crippen LogP contribution in [0, 0.1) is 0 Å². The van der Waals surface area contributed by atoms with E-state index < -0.39 is 16.0 Å². The Bertz CT molecular complexity index is 536. The molecule has 7 heteroatoms. The van der Waals surface area contributed by atoms with E-state index in [4.69, 9.17) is 0 Å². The summed E-state index contributed by atoms with van der Waals surface area (Å²) >= 11 is 0. The van der Waals surface area contributed by atoms with E-state index in [0.717, 1.165) is 0 Å². The Morgan fingerprint density at radius 2 is 2.25 bits per heavy atom. The minimum Gasteiger partial charge on any atom is -0.339 e. The summed E-state index contributed by atoms with van der Waals surface area (Å²) in [4.78, 5) is 29.1. The number of hydrogen-bond donors (Lipinski definition) is 2. The van der Waals surface area contributed by atoms with E-state index in [1.54, 1.807) is 0 Å². The number of fused-ring (bicyclic) bond motifs is 1. The van der Waals surface area contributed by atoms with Crippen LogP contribution in [0.5, 0.6) is 0 Å². The van der Waals surface area contributed by atoms with Crippen LogP contribution in [0.4, 0.5) is 4.48 Å². The Hall–Kier alpha value is -1.92. The Labute approximate surface area is 63.6 Å². The molecule has 0 saturated carbocycles. The van der Waals surface area contributed by atoms with Crippen molar-refractivity contribution in [2.75, 3.05) is 0 Å². The summed E-state index contributed by atoms with van der Waals surface area (Å²) in [5, 5.41) is 0. The average molecular weight is 170 g/mol. The zero-order valence-electron chi connectivity index (χ0n) is 5.67. The number of nitrogens with zero attached hydrogens (tertiary/aromatic N) is 2. The second-order valence-electron chi connectivity index (χ2n) is 2.14. The number of rotatable bonds is 0. The molecule has 0 aliphatic rings. The molecule has 0 aromatic carbocycles. The van der Waals surface area contributed by atoms with E-state index >= 15 is 0 Å². The Balaban J connectivity index is 3.16. The van der Waals surface area contributed by atoms with E-state index in [9.17, 15) is 14.1 Å². The third kappa shape index (κ3) is 0.698. The number of imidazole rings is 1. The molecule has 0 aliphatic carbocycles. The van der Waals surface area contributed by atoms with Gasteiger partial charge >= 0.3 is 11.2 Å². The highest BCUT2D eigenvalue weighted by atomic mass is 19.2. The molecule has 6 nitrogen and oxygen atoms in total. The molecule has 0 unspecified atom stereocenters. The molecule has 62 valence electrons. The largest absolute Gasteiger partial charge is 0.359 e. The van der Waals surface area contributed by atoms with E-state index in [1.165, 1.54) is 6.33 Å². The summed E-state index contributed by atoms with van der Waals surface area (Å²) in [7, 11) is 0. The van der Waals surface area contributed by atoms with Gasteiger partial charge in [-0.05, 0) is 0 Å². The fraction of sp³-hybridized carbons (Fsp3) is 0. The van der Waals surface area contributed by atoms with Crippen LogP contribution in [0.2, 0.25) is 0 Å². The summed E-state index contributed by atoms with van der Waals surface area (Å²) < 4.78 is 12.6. The van der Waals surface area contributed by atoms with Crippen LogP contribution in [0.3, 0.4) is 0 Å². The van der Waals surface area contributed by atoms with Gasteiger partial charge in [0.05, 0.1) is 6.33 Å². The molecule has 0 fully saturated rings. The lowest BCUT2D eigenvalue weighted by atomic mass is 10.5. The third-order valence-corrected chi connectivity index (χ3v) is 1.44. The van der Waals surface area contributed by atoms with Gasteiger partial charge in [-0.3, -0.25) is 9.78 Å². The second kappa shape index (κ2) is 2.03. The topological polar surface area (TPSA) is 83.5 Å². The van der Waals surface area contributed by atoms with Crippen molar-refractivity contribution in [2.45, 2.75) is 0 Å². The van der Waals surface area contributed by atoms with Crippen molar-refractivity contribution in [2.24, 2.45) is 0 Å². The maximum absolute atomic E-state index is 12.6. The zero-order valence-corrected chi connectivity index (χ0v) is 5.67. The molecule has 2 rings (SSSR count). The summed E-state index contributed by atoms with van der Waals surface area (Å²) in [5.41, 5.74) is -2.16. The summed E-state index contributed by atoms with van der Waals surface area (Å²) in [6.45, 7) is 0. The summed E-state index contributed by atoms with van der Waals surface area (Å²) in [5.74, 6) is 0. The highest BCUT2D eigenvalue weighted by molar-refractivity contribution is 5.67. The predicted molar refractivity (Wildman–Crippen MR) is 37.5 cm³/mol. The SMILES string of the molecule is O=c1[nH]c2nc[nH]c2c(=O)n1F. The number of hydrogen-bond acceptors (Lipinski definition) is 3. The van der Waals surface area contributed by atoms with Gasteiger partial charge in [0.2, 0.25) is 0 Å². The summed E-state index contributed by atoms with van der Waals surface area (Å²) in [6, 6.07) is 0. The number of aromatic amines is 2. The smallest absolute Gasteiger partial charge is 0.339 e. The molecule has 0 aliphatic heterocycles. The van der Waals surface area contributed by atoms with Crippen molar-refractivity contribution in [1.82, 2.24) is 19.7 Å². The maximum atomic E-state index is 12.6. The van der Waals surface area contributed by atoms with Gasteiger partial charge in [0.1, 0.15) is 0 Å². The van der Waals surface area contributed by atoms with Crippen molar-refractivity contribution in [3.63, 3.8) is 0 Å². The monoisotopic (exact) mass is 170 g/mol. The second-order valence-corrected chi connectivity index (χ2v) is 2.14. The third-order valence-electron chi connectivity index (χ3n) is 1.44. The molecule has 0 saturated heterocycles. The first-order valence-corrected chi connectivity index (χ1v) is 3.04. The van der Waals surface area contributed by atoms with E-state index in [1.807, 2.05) is 0 Å². The molecule has 2 aromatic rings. The standard InChI is InChI=1S/C5H3FN4O2/c6-10-4(11)2-3(8-1-7-2)9-5(10)12/h1H,(H,7,8)(H,9,12). The van der Waals surface area contributed by atoms with E-state index in [0.29, 0.717) is 0 Å². The van der Waals surface area contributed by atoms with Crippen molar-refractivity contribution in [1.29, 1.82) is 0 Å². The van der Waals surface area contributed by atoms with Crippen LogP contribution in [0.1, 0.15) is 0 Å². The highest BCUT2D eigenvalue weighted by Crippen LogP contribution is 1.94. The first-order chi connectivity index (χ1) is 5.70. The van der Waals surface area contributed by atoms with E-state index in [-0.39, 0.29) is 11.2 Å². The normalized spacial score (nSPS) is 10.8. The molecule has 2 heterocycles. The Morgan fingerprint density at radius 1 is 1.50 bits per heavy atom. The van der Waals surface area contributed by atoms with Gasteiger partial charge in [-0.25, -0.2) is 9.78 Å². The quantitative estimate of drug-likeness (QED) is 0.539. The van der Waals surface area contributed by atoms with Crippen LogP contribution < -0.4 is 11.2 Å². The van der Waals surface area contributed by atoms with Crippen molar-refractivity contribution in [3.05, 3.63) is 27.2 Å². The molecule has 0 atom stereocenters. The van der Waals surface area contributed by atoms with Crippen LogP contribution in [-0.2, 0) is 0 Å². The lowest BCUT2D eigenvalue weighted by Gasteiger charge is -1.88. The molecular weight excluding hydrogens is 167 g/mol. The first-order valence-electron chi connectivity index (χ1n) is 3.04. The highest BCUT2D eigenvalue weighted by Gasteiger charge is 2.07. The van der Waals surface area contributed by atoms with Gasteiger partial charge in [-0.15, -0.1) is 0 Å². The number of H-pyrrole nitrogens is 2. The lowest BCUT2D eigenvalue weighted by molar-refractivity contribution is 0.333. The molecule has 2 N–H and O–H groups in total. The molecule has 0 bridgehead atoms. The first kappa shape index (κ1) is 6.77. The minimum absolute atomic E-state index is 0.0545. The van der Waals surface area contributed by atoms with Gasteiger partial charge in [0, 0.05) is 0 Å². The van der Waals surface area contributed by atoms with Crippen molar-refractivity contribution >= 4 is 11.2 Å². The van der Waals surface area contributed by atoms with Crippen LogP contribution in [0.25, 0.3) is 11.2 Å². The molecule has 12 heavy (non-hydrogen) atoms. The van der Waals surface area contributed by atoms with Crippen LogP contribution in [-0.4, -0.2) is 19.7 Å². The fourth-order valence-corrected chi connectivity index (χ4v) is 0.893. The minimum atomic E-state index is -1.13. The molecule has 2 aromatic heterocycles. The molecule has 0 radical (unpaired) electrons. The van der Waals surface area contributed by atoms with E-state index in [2.05, 4.69) is 15.0 Å². The van der Waals surface area contributed by atoms with Gasteiger partial charge in [-0.2, -0.15) is 0 Å². The number of halogens is 1. The molecule has 0 amide bonds. The Kier molecular flexibility index (Phi) is 1.15. The van der Waals surface area contributed by atoms with Gasteiger partial charge in [0.15, 0.2) is 11.2 Å². The van der Waals surface area contributed by atoms with Crippen molar-refractivity contribution in [3.8, 4) is 0 Å². The number of aromatic nitrogens is 4. The Morgan fingerprint density at radius 3 is 3.00 bits per heavy atom. The predicted octanol–water partition coefficient (Wildman–Crippen LogP) is -0.855. The summed E-state index contributed by atoms with van der Waals surface area (Å²) in [6.07, 6.45) is 1.20.